The zero-order valence-electron chi connectivity index (χ0n) is 14.5. The molecule has 2 rings (SSSR count). The minimum atomic E-state index is -0.265. The minimum Gasteiger partial charge on any atom is -0.449 e. The third-order valence-corrected chi connectivity index (χ3v) is 4.10. The molecule has 1 aliphatic rings. The van der Waals surface area contributed by atoms with Crippen molar-refractivity contribution in [3.8, 4) is 0 Å². The van der Waals surface area contributed by atoms with E-state index in [1.807, 2.05) is 32.2 Å². The largest absolute Gasteiger partial charge is 0.449 e. The molecule has 2 amide bonds. The highest BCUT2D eigenvalue weighted by Gasteiger charge is 2.27. The predicted octanol–water partition coefficient (Wildman–Crippen LogP) is 2.24. The van der Waals surface area contributed by atoms with E-state index in [1.165, 1.54) is 0 Å². The number of hydrogen-bond donors (Lipinski definition) is 1. The molecule has 6 heteroatoms. The van der Waals surface area contributed by atoms with Gasteiger partial charge in [-0.3, -0.25) is 9.78 Å². The molecule has 6 nitrogen and oxygen atoms in total. The first kappa shape index (κ1) is 18.2. The summed E-state index contributed by atoms with van der Waals surface area (Å²) >= 11 is 0. The molecule has 2 heterocycles. The highest BCUT2D eigenvalue weighted by Crippen LogP contribution is 2.18. The SMILES string of the molecule is CC(C)COC(=O)N1CCC(C(=O)NCCc2cccnc2)CC1. The first-order chi connectivity index (χ1) is 11.6. The van der Waals surface area contributed by atoms with Crippen molar-refractivity contribution in [3.63, 3.8) is 0 Å². The molecule has 0 spiro atoms. The number of carbonyl (C=O) groups excluding carboxylic acids is 2. The Hall–Kier alpha value is -2.11. The van der Waals surface area contributed by atoms with Crippen LogP contribution in [0.3, 0.4) is 0 Å². The van der Waals surface area contributed by atoms with Gasteiger partial charge in [-0.2, -0.15) is 0 Å². The number of rotatable bonds is 6. The summed E-state index contributed by atoms with van der Waals surface area (Å²) in [7, 11) is 0. The van der Waals surface area contributed by atoms with Gasteiger partial charge in [0, 0.05) is 37.9 Å². The van der Waals surface area contributed by atoms with Gasteiger partial charge < -0.3 is 15.0 Å². The second kappa shape index (κ2) is 9.25. The first-order valence-electron chi connectivity index (χ1n) is 8.64. The van der Waals surface area contributed by atoms with Gasteiger partial charge in [0.2, 0.25) is 5.91 Å². The number of nitrogens with one attached hydrogen (secondary N) is 1. The maximum Gasteiger partial charge on any atom is 0.409 e. The first-order valence-corrected chi connectivity index (χ1v) is 8.64. The van der Waals surface area contributed by atoms with Crippen molar-refractivity contribution in [1.29, 1.82) is 0 Å². The Kier molecular flexibility index (Phi) is 7.03. The number of amides is 2. The van der Waals surface area contributed by atoms with E-state index in [2.05, 4.69) is 10.3 Å². The zero-order valence-corrected chi connectivity index (χ0v) is 14.5. The van der Waals surface area contributed by atoms with Crippen molar-refractivity contribution in [2.75, 3.05) is 26.2 Å². The standard InChI is InChI=1S/C18H27N3O3/c1-14(2)13-24-18(23)21-10-6-16(7-11-21)17(22)20-9-5-15-4-3-8-19-12-15/h3-4,8,12,14,16H,5-7,9-11,13H2,1-2H3,(H,20,22). The maximum absolute atomic E-state index is 12.2. The van der Waals surface area contributed by atoms with Crippen LogP contribution in [0.4, 0.5) is 4.79 Å². The Morgan fingerprint density at radius 1 is 1.38 bits per heavy atom. The molecule has 1 N–H and O–H groups in total. The molecule has 0 aromatic carbocycles. The molecule has 132 valence electrons. The van der Waals surface area contributed by atoms with Crippen LogP contribution < -0.4 is 5.32 Å². The minimum absolute atomic E-state index is 0.0203. The zero-order chi connectivity index (χ0) is 17.4. The third-order valence-electron chi connectivity index (χ3n) is 4.10. The van der Waals surface area contributed by atoms with E-state index in [4.69, 9.17) is 4.74 Å². The van der Waals surface area contributed by atoms with Crippen LogP contribution in [0.25, 0.3) is 0 Å². The van der Waals surface area contributed by atoms with Crippen molar-refractivity contribution in [1.82, 2.24) is 15.2 Å². The fourth-order valence-electron chi connectivity index (χ4n) is 2.67. The second-order valence-electron chi connectivity index (χ2n) is 6.63. The van der Waals surface area contributed by atoms with Gasteiger partial charge in [-0.1, -0.05) is 19.9 Å². The molecular weight excluding hydrogens is 306 g/mol. The Morgan fingerprint density at radius 2 is 2.12 bits per heavy atom. The van der Waals surface area contributed by atoms with Crippen molar-refractivity contribution < 1.29 is 14.3 Å². The summed E-state index contributed by atoms with van der Waals surface area (Å²) < 4.78 is 5.23. The summed E-state index contributed by atoms with van der Waals surface area (Å²) in [5.74, 6) is 0.388. The average molecular weight is 333 g/mol. The predicted molar refractivity (Wildman–Crippen MR) is 91.4 cm³/mol. The number of aromatic nitrogens is 1. The van der Waals surface area contributed by atoms with Gasteiger partial charge in [-0.25, -0.2) is 4.79 Å². The highest BCUT2D eigenvalue weighted by atomic mass is 16.6. The van der Waals surface area contributed by atoms with Gasteiger partial charge in [0.1, 0.15) is 0 Å². The molecule has 1 aromatic rings. The molecule has 0 unspecified atom stereocenters. The number of ether oxygens (including phenoxy) is 1. The Labute approximate surface area is 143 Å². The van der Waals surface area contributed by atoms with Crippen LogP contribution in [-0.4, -0.2) is 48.1 Å². The number of carbonyl (C=O) groups is 2. The van der Waals surface area contributed by atoms with Gasteiger partial charge in [0.05, 0.1) is 6.61 Å². The topological polar surface area (TPSA) is 71.5 Å². The van der Waals surface area contributed by atoms with E-state index in [9.17, 15) is 9.59 Å². The van der Waals surface area contributed by atoms with Gasteiger partial charge in [-0.05, 0) is 36.8 Å². The van der Waals surface area contributed by atoms with E-state index in [-0.39, 0.29) is 17.9 Å². The summed E-state index contributed by atoms with van der Waals surface area (Å²) in [6.07, 6.45) is 5.44. The maximum atomic E-state index is 12.2. The lowest BCUT2D eigenvalue weighted by Crippen LogP contribution is -2.43. The quantitative estimate of drug-likeness (QED) is 0.867. The van der Waals surface area contributed by atoms with Crippen LogP contribution in [-0.2, 0) is 16.0 Å². The van der Waals surface area contributed by atoms with Crippen LogP contribution in [0.15, 0.2) is 24.5 Å². The van der Waals surface area contributed by atoms with E-state index in [1.54, 1.807) is 11.1 Å². The molecule has 1 aliphatic heterocycles. The van der Waals surface area contributed by atoms with Crippen LogP contribution in [0.2, 0.25) is 0 Å². The highest BCUT2D eigenvalue weighted by molar-refractivity contribution is 5.79. The fourth-order valence-corrected chi connectivity index (χ4v) is 2.67. The van der Waals surface area contributed by atoms with Crippen LogP contribution >= 0.6 is 0 Å². The number of likely N-dealkylation sites (tertiary alicyclic amines) is 1. The molecule has 0 saturated carbocycles. The Bertz CT molecular complexity index is 526. The summed E-state index contributed by atoms with van der Waals surface area (Å²) in [5.41, 5.74) is 1.11. The lowest BCUT2D eigenvalue weighted by Gasteiger charge is -2.30. The van der Waals surface area contributed by atoms with Crippen molar-refractivity contribution >= 4 is 12.0 Å². The van der Waals surface area contributed by atoms with Crippen molar-refractivity contribution in [2.24, 2.45) is 11.8 Å². The molecule has 1 aromatic heterocycles. The lowest BCUT2D eigenvalue weighted by atomic mass is 9.96. The van der Waals surface area contributed by atoms with Crippen LogP contribution in [0.1, 0.15) is 32.3 Å². The number of piperidine rings is 1. The molecule has 0 aliphatic carbocycles. The lowest BCUT2D eigenvalue weighted by molar-refractivity contribution is -0.126. The Morgan fingerprint density at radius 3 is 2.75 bits per heavy atom. The van der Waals surface area contributed by atoms with Crippen LogP contribution in [0, 0.1) is 11.8 Å². The Balaban J connectivity index is 1.66. The fraction of sp³-hybridized carbons (Fsp3) is 0.611. The second-order valence-corrected chi connectivity index (χ2v) is 6.63. The van der Waals surface area contributed by atoms with Crippen LogP contribution in [0.5, 0.6) is 0 Å². The van der Waals surface area contributed by atoms with E-state index < -0.39 is 0 Å². The number of pyridine rings is 1. The summed E-state index contributed by atoms with van der Waals surface area (Å²) in [4.78, 5) is 29.9. The molecule has 0 bridgehead atoms. The molecule has 0 atom stereocenters. The van der Waals surface area contributed by atoms with E-state index in [0.29, 0.717) is 45.0 Å². The smallest absolute Gasteiger partial charge is 0.409 e. The molecule has 1 saturated heterocycles. The summed E-state index contributed by atoms with van der Waals surface area (Å²) in [5, 5.41) is 2.98. The van der Waals surface area contributed by atoms with Crippen molar-refractivity contribution in [3.05, 3.63) is 30.1 Å². The van der Waals surface area contributed by atoms with Gasteiger partial charge in [0.15, 0.2) is 0 Å². The van der Waals surface area contributed by atoms with Crippen molar-refractivity contribution in [2.45, 2.75) is 33.1 Å². The molecule has 24 heavy (non-hydrogen) atoms. The monoisotopic (exact) mass is 333 g/mol. The summed E-state index contributed by atoms with van der Waals surface area (Å²) in [6.45, 7) is 6.23. The molecule has 0 radical (unpaired) electrons. The molecular formula is C18H27N3O3. The molecule has 1 fully saturated rings. The average Bonchev–Trinajstić information content (AvgIpc) is 2.60. The van der Waals surface area contributed by atoms with Gasteiger partial charge in [-0.15, -0.1) is 0 Å². The third kappa shape index (κ3) is 5.83. The summed E-state index contributed by atoms with van der Waals surface area (Å²) in [6, 6.07) is 3.89. The number of nitrogens with zero attached hydrogens (tertiary/aromatic N) is 2. The number of hydrogen-bond acceptors (Lipinski definition) is 4. The van der Waals surface area contributed by atoms with Gasteiger partial charge in [0.25, 0.3) is 0 Å². The normalized spacial score (nSPS) is 15.4. The van der Waals surface area contributed by atoms with E-state index >= 15 is 0 Å². The van der Waals surface area contributed by atoms with E-state index in [0.717, 1.165) is 12.0 Å². The van der Waals surface area contributed by atoms with Gasteiger partial charge >= 0.3 is 6.09 Å².